The number of nitrogens with one attached hydrogen (secondary N) is 1. The van der Waals surface area contributed by atoms with Crippen molar-refractivity contribution in [1.82, 2.24) is 15.1 Å². The second-order valence-corrected chi connectivity index (χ2v) is 9.90. The molecule has 0 saturated carbocycles. The molecule has 1 saturated heterocycles. The summed E-state index contributed by atoms with van der Waals surface area (Å²) in [6.07, 6.45) is 2.66. The number of carbonyl (C=O) groups excluding carboxylic acids is 2. The van der Waals surface area contributed by atoms with Crippen LogP contribution in [0.25, 0.3) is 6.08 Å². The number of anilines is 1. The number of rotatable bonds is 7. The van der Waals surface area contributed by atoms with E-state index < -0.39 is 0 Å². The van der Waals surface area contributed by atoms with Crippen LogP contribution in [-0.2, 0) is 16.0 Å². The number of amides is 2. The van der Waals surface area contributed by atoms with Crippen LogP contribution in [0.5, 0.6) is 0 Å². The molecule has 1 fully saturated rings. The van der Waals surface area contributed by atoms with Crippen LogP contribution in [0.2, 0.25) is 5.02 Å². The van der Waals surface area contributed by atoms with Crippen molar-refractivity contribution in [2.75, 3.05) is 11.9 Å². The molecule has 2 aromatic rings. The monoisotopic (exact) mass is 466 g/mol. The highest BCUT2D eigenvalue weighted by Crippen LogP contribution is 2.33. The first-order chi connectivity index (χ1) is 13.8. The molecule has 3 rings (SSSR count). The van der Waals surface area contributed by atoms with Gasteiger partial charge in [0.1, 0.15) is 9.33 Å². The number of halogens is 1. The van der Waals surface area contributed by atoms with E-state index in [0.29, 0.717) is 25.3 Å². The Labute approximate surface area is 187 Å². The van der Waals surface area contributed by atoms with Crippen LogP contribution in [0.4, 0.5) is 5.13 Å². The molecular weight excluding hydrogens is 448 g/mol. The molecule has 6 nitrogen and oxygen atoms in total. The normalized spacial score (nSPS) is 15.6. The fourth-order valence-corrected chi connectivity index (χ4v) is 5.01. The Balaban J connectivity index is 1.57. The Hall–Kier alpha value is -1.81. The first kappa shape index (κ1) is 21.9. The van der Waals surface area contributed by atoms with Gasteiger partial charge in [-0.25, -0.2) is 0 Å². The van der Waals surface area contributed by atoms with Crippen LogP contribution in [0.3, 0.4) is 0 Å². The molecule has 1 N–H and O–H groups in total. The van der Waals surface area contributed by atoms with Crippen LogP contribution in [0.1, 0.15) is 30.8 Å². The van der Waals surface area contributed by atoms with Crippen molar-refractivity contribution >= 4 is 74.3 Å². The van der Waals surface area contributed by atoms with Crippen LogP contribution >= 0.6 is 46.9 Å². The SMILES string of the molecule is CC(C)Cc1nnc(NC(=O)CCN2C(=O)C(=Cc3ccccc3Cl)SC2=S)s1. The second-order valence-electron chi connectivity index (χ2n) is 6.75. The van der Waals surface area contributed by atoms with Crippen molar-refractivity contribution < 1.29 is 9.59 Å². The highest BCUT2D eigenvalue weighted by atomic mass is 35.5. The van der Waals surface area contributed by atoms with Gasteiger partial charge in [0.15, 0.2) is 0 Å². The summed E-state index contributed by atoms with van der Waals surface area (Å²) in [5.41, 5.74) is 0.751. The van der Waals surface area contributed by atoms with Crippen molar-refractivity contribution in [2.45, 2.75) is 26.7 Å². The lowest BCUT2D eigenvalue weighted by Crippen LogP contribution is -2.31. The van der Waals surface area contributed by atoms with E-state index in [1.54, 1.807) is 12.1 Å². The van der Waals surface area contributed by atoms with Crippen molar-refractivity contribution in [3.63, 3.8) is 0 Å². The Morgan fingerprint density at radius 2 is 2.10 bits per heavy atom. The standard InChI is InChI=1S/C19H19ClN4O2S3/c1-11(2)9-16-22-23-18(29-16)21-15(25)7-8-24-17(26)14(28-19(24)27)10-12-5-3-4-6-13(12)20/h3-6,10-11H,7-9H2,1-2H3,(H,21,23,25). The zero-order chi connectivity index (χ0) is 21.0. The van der Waals surface area contributed by atoms with Gasteiger partial charge in [0.2, 0.25) is 11.0 Å². The molecule has 2 heterocycles. The number of nitrogens with zero attached hydrogens (tertiary/aromatic N) is 3. The summed E-state index contributed by atoms with van der Waals surface area (Å²) in [6.45, 7) is 4.40. The van der Waals surface area contributed by atoms with Crippen LogP contribution in [0, 0.1) is 5.92 Å². The minimum atomic E-state index is -0.235. The molecular formula is C19H19ClN4O2S3. The fourth-order valence-electron chi connectivity index (χ4n) is 2.56. The van der Waals surface area contributed by atoms with E-state index in [9.17, 15) is 9.59 Å². The lowest BCUT2D eigenvalue weighted by Gasteiger charge is -2.13. The van der Waals surface area contributed by atoms with E-state index in [4.69, 9.17) is 23.8 Å². The van der Waals surface area contributed by atoms with Gasteiger partial charge in [-0.05, 0) is 23.6 Å². The van der Waals surface area contributed by atoms with Gasteiger partial charge in [0, 0.05) is 24.4 Å². The van der Waals surface area contributed by atoms with Crippen LogP contribution in [0.15, 0.2) is 29.2 Å². The first-order valence-electron chi connectivity index (χ1n) is 8.95. The summed E-state index contributed by atoms with van der Waals surface area (Å²) in [5, 5.41) is 12.7. The summed E-state index contributed by atoms with van der Waals surface area (Å²) in [5.74, 6) is 0.0171. The quantitative estimate of drug-likeness (QED) is 0.474. The number of aromatic nitrogens is 2. The average Bonchev–Trinajstić information content (AvgIpc) is 3.19. The highest BCUT2D eigenvalue weighted by molar-refractivity contribution is 8.26. The maximum Gasteiger partial charge on any atom is 0.266 e. The molecule has 29 heavy (non-hydrogen) atoms. The van der Waals surface area contributed by atoms with Crippen molar-refractivity contribution in [2.24, 2.45) is 5.92 Å². The molecule has 2 amide bonds. The molecule has 0 atom stereocenters. The van der Waals surface area contributed by atoms with E-state index in [2.05, 4.69) is 29.4 Å². The van der Waals surface area contributed by atoms with E-state index in [1.165, 1.54) is 28.0 Å². The van der Waals surface area contributed by atoms with Crippen molar-refractivity contribution in [3.05, 3.63) is 44.8 Å². The van der Waals surface area contributed by atoms with Gasteiger partial charge in [-0.2, -0.15) is 0 Å². The number of hydrogen-bond donors (Lipinski definition) is 1. The Bertz CT molecular complexity index is 974. The zero-order valence-corrected chi connectivity index (χ0v) is 19.1. The minimum absolute atomic E-state index is 0.116. The van der Waals surface area contributed by atoms with Gasteiger partial charge in [0.05, 0.1) is 4.91 Å². The Morgan fingerprint density at radius 3 is 2.83 bits per heavy atom. The molecule has 0 aliphatic carbocycles. The summed E-state index contributed by atoms with van der Waals surface area (Å²) < 4.78 is 0.427. The van der Waals surface area contributed by atoms with Gasteiger partial charge in [-0.3, -0.25) is 14.5 Å². The molecule has 152 valence electrons. The van der Waals surface area contributed by atoms with Gasteiger partial charge >= 0.3 is 0 Å². The first-order valence-corrected chi connectivity index (χ1v) is 11.4. The third kappa shape index (κ3) is 5.85. The van der Waals surface area contributed by atoms with Crippen molar-refractivity contribution in [3.8, 4) is 0 Å². The lowest BCUT2D eigenvalue weighted by atomic mass is 10.1. The number of hydrogen-bond acceptors (Lipinski definition) is 7. The minimum Gasteiger partial charge on any atom is -0.300 e. The third-order valence-electron chi connectivity index (χ3n) is 3.92. The summed E-state index contributed by atoms with van der Waals surface area (Å²) in [7, 11) is 0. The van der Waals surface area contributed by atoms with Crippen LogP contribution < -0.4 is 5.32 Å². The Morgan fingerprint density at radius 1 is 1.34 bits per heavy atom. The van der Waals surface area contributed by atoms with E-state index in [-0.39, 0.29) is 24.8 Å². The molecule has 0 spiro atoms. The summed E-state index contributed by atoms with van der Waals surface area (Å²) >= 11 is 14.0. The third-order valence-corrected chi connectivity index (χ3v) is 6.51. The molecule has 10 heteroatoms. The molecule has 0 radical (unpaired) electrons. The molecule has 1 aromatic heterocycles. The average molecular weight is 467 g/mol. The van der Waals surface area contributed by atoms with E-state index in [1.807, 2.05) is 18.2 Å². The van der Waals surface area contributed by atoms with Gasteiger partial charge < -0.3 is 5.32 Å². The summed E-state index contributed by atoms with van der Waals surface area (Å²) in [4.78, 5) is 26.8. The topological polar surface area (TPSA) is 75.2 Å². The van der Waals surface area contributed by atoms with Gasteiger partial charge in [0.25, 0.3) is 5.91 Å². The maximum atomic E-state index is 12.7. The maximum absolute atomic E-state index is 12.7. The van der Waals surface area contributed by atoms with E-state index in [0.717, 1.165) is 17.0 Å². The second kappa shape index (κ2) is 9.80. The van der Waals surface area contributed by atoms with Crippen molar-refractivity contribution in [1.29, 1.82) is 0 Å². The van der Waals surface area contributed by atoms with Gasteiger partial charge in [-0.1, -0.05) is 79.0 Å². The largest absolute Gasteiger partial charge is 0.300 e. The molecule has 1 aliphatic heterocycles. The van der Waals surface area contributed by atoms with Gasteiger partial charge in [-0.15, -0.1) is 10.2 Å². The molecule has 0 unspecified atom stereocenters. The zero-order valence-electron chi connectivity index (χ0n) is 15.8. The van der Waals surface area contributed by atoms with E-state index >= 15 is 0 Å². The smallest absolute Gasteiger partial charge is 0.266 e. The highest BCUT2D eigenvalue weighted by Gasteiger charge is 2.32. The number of thiocarbonyl (C=S) groups is 1. The fraction of sp³-hybridized carbons (Fsp3) is 0.316. The Kier molecular flexibility index (Phi) is 7.39. The number of thioether (sulfide) groups is 1. The molecule has 1 aromatic carbocycles. The number of benzene rings is 1. The lowest BCUT2D eigenvalue weighted by molar-refractivity contribution is -0.122. The predicted octanol–water partition coefficient (Wildman–Crippen LogP) is 4.62. The predicted molar refractivity (Wildman–Crippen MR) is 123 cm³/mol. The molecule has 0 bridgehead atoms. The number of carbonyl (C=O) groups is 2. The summed E-state index contributed by atoms with van der Waals surface area (Å²) in [6, 6.07) is 7.27. The molecule has 1 aliphatic rings. The van der Waals surface area contributed by atoms with Crippen LogP contribution in [-0.4, -0.2) is 37.8 Å².